The Morgan fingerprint density at radius 1 is 1.22 bits per heavy atom. The van der Waals surface area contributed by atoms with Crippen LogP contribution in [0.1, 0.15) is 55.4 Å². The van der Waals surface area contributed by atoms with Crippen LogP contribution < -0.4 is 9.47 Å². The highest BCUT2D eigenvalue weighted by Crippen LogP contribution is 2.65. The smallest absolute Gasteiger partial charge is 0.416 e. The summed E-state index contributed by atoms with van der Waals surface area (Å²) < 4.78 is 51.5. The number of alkyl halides is 3. The second-order valence-electron chi connectivity index (χ2n) is 12.5. The second-order valence-corrected chi connectivity index (χ2v) is 12.5. The van der Waals surface area contributed by atoms with Gasteiger partial charge in [-0.1, -0.05) is 32.0 Å². The number of benzene rings is 2. The van der Waals surface area contributed by atoms with Gasteiger partial charge in [0.15, 0.2) is 11.5 Å². The maximum absolute atomic E-state index is 13.8. The van der Waals surface area contributed by atoms with E-state index in [1.54, 1.807) is 13.2 Å². The van der Waals surface area contributed by atoms with Gasteiger partial charge in [-0.05, 0) is 80.6 Å². The van der Waals surface area contributed by atoms with Gasteiger partial charge in [-0.25, -0.2) is 0 Å². The van der Waals surface area contributed by atoms with Crippen LogP contribution >= 0.6 is 0 Å². The number of carbonyl (C=O) groups is 1. The van der Waals surface area contributed by atoms with Crippen molar-refractivity contribution < 1.29 is 32.5 Å². The van der Waals surface area contributed by atoms with Crippen molar-refractivity contribution in [1.29, 1.82) is 0 Å². The van der Waals surface area contributed by atoms with Crippen molar-refractivity contribution in [3.05, 3.63) is 64.7 Å². The van der Waals surface area contributed by atoms with Gasteiger partial charge in [0, 0.05) is 24.2 Å². The van der Waals surface area contributed by atoms with Crippen LogP contribution in [0.5, 0.6) is 11.5 Å². The lowest BCUT2D eigenvalue weighted by atomic mass is 9.48. The summed E-state index contributed by atoms with van der Waals surface area (Å²) in [6.45, 7) is 5.39. The van der Waals surface area contributed by atoms with Gasteiger partial charge in [-0.15, -0.1) is 0 Å². The number of hydrogen-bond donors (Lipinski definition) is 1. The maximum Gasteiger partial charge on any atom is 0.416 e. The molecule has 2 bridgehead atoms. The number of likely N-dealkylation sites (tertiary alicyclic amines) is 1. The third-order valence-electron chi connectivity index (χ3n) is 9.80. The highest BCUT2D eigenvalue weighted by molar-refractivity contribution is 5.92. The Morgan fingerprint density at radius 3 is 2.61 bits per heavy atom. The Hall–Kier alpha value is -3.04. The monoisotopic (exact) mass is 570 g/mol. The standard InChI is InChI=1S/C32H37F3N2O4/c1-19(2)18-37(26(38)12-7-20-5-9-22(10-6-20)32(33,34)35)23-13-14-31(39)25-17-21-8-11-24(40-4)28-27(21)30(31,29(23)41-28)15-16-36(25)3/h5-12,19,23,25,29,39H,13-18H2,1-4H3/t23-,25-,29+,30+,31-/m1/s1. The molecule has 2 heterocycles. The van der Waals surface area contributed by atoms with E-state index in [4.69, 9.17) is 9.47 Å². The number of piperidine rings is 1. The van der Waals surface area contributed by atoms with Crippen LogP contribution in [0.2, 0.25) is 0 Å². The van der Waals surface area contributed by atoms with Crippen molar-refractivity contribution in [3.8, 4) is 11.5 Å². The molecule has 220 valence electrons. The molecule has 2 aliphatic heterocycles. The minimum Gasteiger partial charge on any atom is -0.493 e. The van der Waals surface area contributed by atoms with Gasteiger partial charge in [0.1, 0.15) is 6.10 Å². The number of nitrogens with zero attached hydrogens (tertiary/aromatic N) is 2. The van der Waals surface area contributed by atoms with Crippen molar-refractivity contribution in [1.82, 2.24) is 9.80 Å². The molecule has 2 fully saturated rings. The minimum atomic E-state index is -4.41. The molecule has 5 atom stereocenters. The Bertz CT molecular complexity index is 1370. The number of carbonyl (C=O) groups excluding carboxylic acids is 1. The molecular weight excluding hydrogens is 533 g/mol. The Morgan fingerprint density at radius 2 is 1.95 bits per heavy atom. The van der Waals surface area contributed by atoms with Crippen LogP contribution in [0.3, 0.4) is 0 Å². The number of methoxy groups -OCH3 is 1. The fourth-order valence-corrected chi connectivity index (χ4v) is 8.02. The fourth-order valence-electron chi connectivity index (χ4n) is 8.02. The summed E-state index contributed by atoms with van der Waals surface area (Å²) in [7, 11) is 3.69. The Labute approximate surface area is 238 Å². The lowest BCUT2D eigenvalue weighted by Crippen LogP contribution is -2.78. The minimum absolute atomic E-state index is 0.0519. The molecule has 6 nitrogen and oxygen atoms in total. The second kappa shape index (κ2) is 9.76. The van der Waals surface area contributed by atoms with Crippen LogP contribution in [0.25, 0.3) is 6.08 Å². The molecule has 2 aliphatic carbocycles. The van der Waals surface area contributed by atoms with Gasteiger partial charge in [0.2, 0.25) is 5.91 Å². The topological polar surface area (TPSA) is 62.2 Å². The normalized spacial score (nSPS) is 30.3. The summed E-state index contributed by atoms with van der Waals surface area (Å²) in [5, 5.41) is 12.5. The van der Waals surface area contributed by atoms with Crippen LogP contribution in [0.15, 0.2) is 42.5 Å². The van der Waals surface area contributed by atoms with E-state index in [9.17, 15) is 23.1 Å². The molecule has 1 spiro atoms. The third-order valence-corrected chi connectivity index (χ3v) is 9.80. The molecule has 41 heavy (non-hydrogen) atoms. The molecule has 0 aromatic heterocycles. The molecular formula is C32H37F3N2O4. The average Bonchev–Trinajstić information content (AvgIpc) is 3.28. The van der Waals surface area contributed by atoms with E-state index in [1.165, 1.54) is 18.2 Å². The predicted octanol–water partition coefficient (Wildman–Crippen LogP) is 5.06. The highest BCUT2D eigenvalue weighted by Gasteiger charge is 2.73. The van der Waals surface area contributed by atoms with E-state index in [1.807, 2.05) is 11.0 Å². The number of amides is 1. The number of likely N-dealkylation sites (N-methyl/N-ethyl adjacent to an activating group) is 1. The van der Waals surface area contributed by atoms with Crippen molar-refractivity contribution in [2.45, 2.75) is 74.9 Å². The summed E-state index contributed by atoms with van der Waals surface area (Å²) in [6.07, 6.45) is 0.675. The number of aliphatic hydroxyl groups is 1. The first kappa shape index (κ1) is 28.1. The Balaban J connectivity index is 1.37. The number of ether oxygens (including phenoxy) is 2. The molecule has 1 N–H and O–H groups in total. The Kier molecular flexibility index (Phi) is 6.69. The number of halogens is 3. The van der Waals surface area contributed by atoms with Crippen LogP contribution in [-0.2, 0) is 22.8 Å². The molecule has 9 heteroatoms. The average molecular weight is 571 g/mol. The van der Waals surface area contributed by atoms with Gasteiger partial charge in [-0.2, -0.15) is 13.2 Å². The van der Waals surface area contributed by atoms with Crippen LogP contribution in [0, 0.1) is 5.92 Å². The zero-order valence-electron chi connectivity index (χ0n) is 23.9. The van der Waals surface area contributed by atoms with Gasteiger partial charge >= 0.3 is 6.18 Å². The molecule has 6 rings (SSSR count). The fraction of sp³-hybridized carbons (Fsp3) is 0.531. The van der Waals surface area contributed by atoms with E-state index < -0.39 is 28.9 Å². The SMILES string of the molecule is COc1ccc2c3c1O[C@H]1[C@H](N(CC(C)C)C(=O)C=Cc4ccc(C(F)(F)F)cc4)CC[C@@]4(O)[C@@H](C2)N(C)CC[C@]314. The summed E-state index contributed by atoms with van der Waals surface area (Å²) in [4.78, 5) is 17.9. The first-order valence-electron chi connectivity index (χ1n) is 14.4. The van der Waals surface area contributed by atoms with Crippen molar-refractivity contribution in [2.24, 2.45) is 5.92 Å². The molecule has 0 radical (unpaired) electrons. The zero-order valence-corrected chi connectivity index (χ0v) is 23.9. The lowest BCUT2D eigenvalue weighted by Gasteiger charge is -2.64. The van der Waals surface area contributed by atoms with E-state index in [-0.39, 0.29) is 23.9 Å². The maximum atomic E-state index is 13.8. The van der Waals surface area contributed by atoms with E-state index in [2.05, 4.69) is 31.9 Å². The third kappa shape index (κ3) is 4.18. The summed E-state index contributed by atoms with van der Waals surface area (Å²) in [5.74, 6) is 1.26. The molecule has 0 unspecified atom stereocenters. The molecule has 1 saturated heterocycles. The quantitative estimate of drug-likeness (QED) is 0.492. The largest absolute Gasteiger partial charge is 0.493 e. The summed E-state index contributed by atoms with van der Waals surface area (Å²) >= 11 is 0. The van der Waals surface area contributed by atoms with Gasteiger partial charge in [0.25, 0.3) is 0 Å². The molecule has 1 amide bonds. The van der Waals surface area contributed by atoms with Crippen LogP contribution in [-0.4, -0.2) is 71.8 Å². The van der Waals surface area contributed by atoms with Crippen molar-refractivity contribution >= 4 is 12.0 Å². The van der Waals surface area contributed by atoms with Crippen molar-refractivity contribution in [3.63, 3.8) is 0 Å². The molecule has 2 aromatic rings. The van der Waals surface area contributed by atoms with E-state index in [0.717, 1.165) is 36.2 Å². The highest BCUT2D eigenvalue weighted by atomic mass is 19.4. The number of hydrogen-bond acceptors (Lipinski definition) is 5. The zero-order chi connectivity index (χ0) is 29.3. The van der Waals surface area contributed by atoms with Crippen LogP contribution in [0.4, 0.5) is 13.2 Å². The lowest BCUT2D eigenvalue weighted by molar-refractivity contribution is -0.197. The predicted molar refractivity (Wildman–Crippen MR) is 149 cm³/mol. The van der Waals surface area contributed by atoms with E-state index >= 15 is 0 Å². The van der Waals surface area contributed by atoms with Crippen molar-refractivity contribution in [2.75, 3.05) is 27.2 Å². The molecule has 2 aromatic carbocycles. The molecule has 4 aliphatic rings. The van der Waals surface area contributed by atoms with Gasteiger partial charge in [0.05, 0.1) is 29.7 Å². The molecule has 1 saturated carbocycles. The summed E-state index contributed by atoms with van der Waals surface area (Å²) in [6, 6.07) is 8.44. The summed E-state index contributed by atoms with van der Waals surface area (Å²) in [5.41, 5.74) is 0.306. The van der Waals surface area contributed by atoms with E-state index in [0.29, 0.717) is 42.9 Å². The van der Waals surface area contributed by atoms with Gasteiger partial charge in [-0.3, -0.25) is 4.79 Å². The number of rotatable bonds is 6. The van der Waals surface area contributed by atoms with Gasteiger partial charge < -0.3 is 24.4 Å². The first-order valence-corrected chi connectivity index (χ1v) is 14.4. The first-order chi connectivity index (χ1) is 19.4.